The van der Waals surface area contributed by atoms with Crippen LogP contribution in [0, 0.1) is 0 Å². The molecule has 204 valence electrons. The lowest BCUT2D eigenvalue weighted by Crippen LogP contribution is -2.21. The second-order valence-corrected chi connectivity index (χ2v) is 10.6. The third-order valence-electron chi connectivity index (χ3n) is 5.40. The molecule has 0 aliphatic heterocycles. The number of hydrogen-bond acceptors (Lipinski definition) is 7. The van der Waals surface area contributed by atoms with Gasteiger partial charge in [0.05, 0.1) is 40.1 Å². The molecular weight excluding hydrogens is 577 g/mol. The molecule has 4 rings (SSSR count). The van der Waals surface area contributed by atoms with Gasteiger partial charge in [-0.15, -0.1) is 0 Å². The lowest BCUT2D eigenvalue weighted by atomic mass is 10.2. The molecule has 0 radical (unpaired) electrons. The second-order valence-electron chi connectivity index (χ2n) is 8.08. The standard InChI is InChI=1S/C28H21Cl2N3O6S/c1-38-26-16-18(10-15-25(26)39-28(35)21-6-2-4-8-23(21)30)17-31-32-27(34)22-7-3-5-9-24(22)33-40(36,37)20-13-11-19(29)12-14-20/h2-17,33H,1H3,(H,32,34)/b31-17-. The maximum atomic E-state index is 12.8. The van der Waals surface area contributed by atoms with Crippen molar-refractivity contribution < 1.29 is 27.5 Å². The van der Waals surface area contributed by atoms with E-state index in [1.807, 2.05) is 0 Å². The van der Waals surface area contributed by atoms with E-state index in [4.69, 9.17) is 32.7 Å². The number of hydrogen-bond donors (Lipinski definition) is 2. The summed E-state index contributed by atoms with van der Waals surface area (Å²) in [5.41, 5.74) is 3.21. The summed E-state index contributed by atoms with van der Waals surface area (Å²) < 4.78 is 38.7. The average molecular weight is 598 g/mol. The summed E-state index contributed by atoms with van der Waals surface area (Å²) in [6.07, 6.45) is 1.35. The van der Waals surface area contributed by atoms with E-state index in [9.17, 15) is 18.0 Å². The Morgan fingerprint density at radius 1 is 0.850 bits per heavy atom. The van der Waals surface area contributed by atoms with Gasteiger partial charge in [-0.2, -0.15) is 5.10 Å². The SMILES string of the molecule is COc1cc(/C=N\NC(=O)c2ccccc2NS(=O)(=O)c2ccc(Cl)cc2)ccc1OC(=O)c1ccccc1Cl. The van der Waals surface area contributed by atoms with Crippen molar-refractivity contribution in [2.45, 2.75) is 4.90 Å². The van der Waals surface area contributed by atoms with E-state index in [0.29, 0.717) is 10.6 Å². The number of anilines is 1. The number of rotatable bonds is 9. The summed E-state index contributed by atoms with van der Waals surface area (Å²) in [5.74, 6) is -0.890. The Labute approximate surface area is 240 Å². The van der Waals surface area contributed by atoms with Crippen LogP contribution >= 0.6 is 23.2 Å². The first-order chi connectivity index (χ1) is 19.2. The van der Waals surface area contributed by atoms with E-state index in [1.54, 1.807) is 48.5 Å². The number of para-hydroxylation sites is 1. The van der Waals surface area contributed by atoms with Crippen LogP contribution < -0.4 is 19.6 Å². The molecule has 40 heavy (non-hydrogen) atoms. The van der Waals surface area contributed by atoms with Crippen molar-refractivity contribution in [3.05, 3.63) is 118 Å². The molecule has 2 N–H and O–H groups in total. The van der Waals surface area contributed by atoms with Crippen molar-refractivity contribution in [1.29, 1.82) is 0 Å². The number of nitrogens with zero attached hydrogens (tertiary/aromatic N) is 1. The Morgan fingerprint density at radius 3 is 2.23 bits per heavy atom. The summed E-state index contributed by atoms with van der Waals surface area (Å²) in [6, 6.07) is 22.9. The zero-order valence-corrected chi connectivity index (χ0v) is 23.1. The van der Waals surface area contributed by atoms with Crippen LogP contribution in [0.1, 0.15) is 26.3 Å². The predicted molar refractivity (Wildman–Crippen MR) is 153 cm³/mol. The lowest BCUT2D eigenvalue weighted by molar-refractivity contribution is 0.0729. The van der Waals surface area contributed by atoms with Crippen molar-refractivity contribution in [1.82, 2.24) is 5.43 Å². The van der Waals surface area contributed by atoms with Crippen LogP contribution in [0.5, 0.6) is 11.5 Å². The molecule has 0 aliphatic rings. The van der Waals surface area contributed by atoms with E-state index >= 15 is 0 Å². The van der Waals surface area contributed by atoms with Crippen molar-refractivity contribution in [3.63, 3.8) is 0 Å². The van der Waals surface area contributed by atoms with Gasteiger partial charge < -0.3 is 9.47 Å². The van der Waals surface area contributed by atoms with Crippen LogP contribution in [-0.4, -0.2) is 33.6 Å². The normalized spacial score (nSPS) is 11.2. The molecule has 9 nitrogen and oxygen atoms in total. The zero-order valence-electron chi connectivity index (χ0n) is 20.8. The molecule has 0 atom stereocenters. The van der Waals surface area contributed by atoms with Crippen molar-refractivity contribution in [3.8, 4) is 11.5 Å². The first-order valence-electron chi connectivity index (χ1n) is 11.5. The van der Waals surface area contributed by atoms with Gasteiger partial charge in [0.15, 0.2) is 11.5 Å². The minimum Gasteiger partial charge on any atom is -0.493 e. The quantitative estimate of drug-likeness (QED) is 0.109. The van der Waals surface area contributed by atoms with E-state index in [0.717, 1.165) is 0 Å². The molecule has 4 aromatic carbocycles. The van der Waals surface area contributed by atoms with Crippen LogP contribution in [-0.2, 0) is 10.0 Å². The third-order valence-corrected chi connectivity index (χ3v) is 7.37. The smallest absolute Gasteiger partial charge is 0.345 e. The Morgan fingerprint density at radius 2 is 1.52 bits per heavy atom. The van der Waals surface area contributed by atoms with E-state index in [-0.39, 0.29) is 38.2 Å². The topological polar surface area (TPSA) is 123 Å². The molecule has 0 spiro atoms. The number of benzene rings is 4. The fraction of sp³-hybridized carbons (Fsp3) is 0.0357. The lowest BCUT2D eigenvalue weighted by Gasteiger charge is -2.12. The molecule has 12 heteroatoms. The Kier molecular flexibility index (Phi) is 9.05. The van der Waals surface area contributed by atoms with Crippen molar-refractivity contribution >= 4 is 57.0 Å². The average Bonchev–Trinajstić information content (AvgIpc) is 2.94. The second kappa shape index (κ2) is 12.6. The summed E-state index contributed by atoms with van der Waals surface area (Å²) in [7, 11) is -2.56. The molecule has 0 aliphatic carbocycles. The molecular formula is C28H21Cl2N3O6S. The van der Waals surface area contributed by atoms with Gasteiger partial charge in [0, 0.05) is 5.02 Å². The summed E-state index contributed by atoms with van der Waals surface area (Å²) in [6.45, 7) is 0. The molecule has 4 aromatic rings. The van der Waals surface area contributed by atoms with Crippen LogP contribution in [0.2, 0.25) is 10.0 Å². The molecule has 0 saturated carbocycles. The molecule has 0 unspecified atom stereocenters. The highest BCUT2D eigenvalue weighted by Crippen LogP contribution is 2.29. The van der Waals surface area contributed by atoms with Crippen molar-refractivity contribution in [2.24, 2.45) is 5.10 Å². The number of ether oxygens (including phenoxy) is 2. The highest BCUT2D eigenvalue weighted by molar-refractivity contribution is 7.92. The Hall–Kier alpha value is -4.38. The number of amides is 1. The number of nitrogens with one attached hydrogen (secondary N) is 2. The van der Waals surface area contributed by atoms with E-state index < -0.39 is 21.9 Å². The van der Waals surface area contributed by atoms with Crippen molar-refractivity contribution in [2.75, 3.05) is 11.8 Å². The van der Waals surface area contributed by atoms with Crippen LogP contribution in [0.4, 0.5) is 5.69 Å². The van der Waals surface area contributed by atoms with Gasteiger partial charge in [-0.3, -0.25) is 9.52 Å². The number of esters is 1. The molecule has 0 fully saturated rings. The maximum Gasteiger partial charge on any atom is 0.345 e. The van der Waals surface area contributed by atoms with Gasteiger partial charge >= 0.3 is 5.97 Å². The van der Waals surface area contributed by atoms with Gasteiger partial charge in [-0.25, -0.2) is 18.6 Å². The van der Waals surface area contributed by atoms with Gasteiger partial charge in [-0.1, -0.05) is 47.5 Å². The molecule has 1 amide bonds. The number of carbonyl (C=O) groups excluding carboxylic acids is 2. The Balaban J connectivity index is 1.45. The highest BCUT2D eigenvalue weighted by Gasteiger charge is 2.19. The largest absolute Gasteiger partial charge is 0.493 e. The third kappa shape index (κ3) is 6.97. The number of carbonyl (C=O) groups is 2. The maximum absolute atomic E-state index is 12.8. The first kappa shape index (κ1) is 28.6. The van der Waals surface area contributed by atoms with E-state index in [2.05, 4.69) is 15.2 Å². The summed E-state index contributed by atoms with van der Waals surface area (Å²) in [4.78, 5) is 25.3. The zero-order chi connectivity index (χ0) is 28.7. The fourth-order valence-corrected chi connectivity index (χ4v) is 4.86. The highest BCUT2D eigenvalue weighted by atomic mass is 35.5. The molecule has 0 aromatic heterocycles. The van der Waals surface area contributed by atoms with Crippen LogP contribution in [0.25, 0.3) is 0 Å². The van der Waals surface area contributed by atoms with Gasteiger partial charge in [0.25, 0.3) is 15.9 Å². The molecule has 0 saturated heterocycles. The first-order valence-corrected chi connectivity index (χ1v) is 13.8. The number of methoxy groups -OCH3 is 1. The predicted octanol–water partition coefficient (Wildman–Crippen LogP) is 5.79. The van der Waals surface area contributed by atoms with Gasteiger partial charge in [0.2, 0.25) is 0 Å². The van der Waals surface area contributed by atoms with Crippen LogP contribution in [0.15, 0.2) is 101 Å². The minimum atomic E-state index is -3.97. The molecule has 0 heterocycles. The fourth-order valence-electron chi connectivity index (χ4n) is 3.44. The summed E-state index contributed by atoms with van der Waals surface area (Å²) >= 11 is 11.9. The number of halogens is 2. The number of hydrazone groups is 1. The van der Waals surface area contributed by atoms with Gasteiger partial charge in [0.1, 0.15) is 0 Å². The van der Waals surface area contributed by atoms with Crippen LogP contribution in [0.3, 0.4) is 0 Å². The number of sulfonamides is 1. The van der Waals surface area contributed by atoms with E-state index in [1.165, 1.54) is 55.8 Å². The monoisotopic (exact) mass is 597 g/mol. The summed E-state index contributed by atoms with van der Waals surface area (Å²) in [5, 5.41) is 4.60. The Bertz CT molecular complexity index is 1690. The van der Waals surface area contributed by atoms with Gasteiger partial charge in [-0.05, 0) is 72.3 Å². The molecule has 0 bridgehead atoms. The minimum absolute atomic E-state index is 0.0138.